The van der Waals surface area contributed by atoms with E-state index in [0.29, 0.717) is 17.5 Å². The smallest absolute Gasteiger partial charge is 0.146 e. The monoisotopic (exact) mass is 293 g/mol. The first-order valence-electron chi connectivity index (χ1n) is 6.50. The summed E-state index contributed by atoms with van der Waals surface area (Å²) in [5.74, 6) is 0.751. The SMILES string of the molecule is CC(C)NCc1cccc(Oc2ccc(F)cc2Cl)c1. The van der Waals surface area contributed by atoms with Crippen LogP contribution >= 0.6 is 11.6 Å². The van der Waals surface area contributed by atoms with Gasteiger partial charge in [-0.25, -0.2) is 4.39 Å². The van der Waals surface area contributed by atoms with Gasteiger partial charge in [-0.2, -0.15) is 0 Å². The Morgan fingerprint density at radius 1 is 1.20 bits per heavy atom. The van der Waals surface area contributed by atoms with Gasteiger partial charge in [-0.15, -0.1) is 0 Å². The summed E-state index contributed by atoms with van der Waals surface area (Å²) >= 11 is 5.94. The number of ether oxygens (including phenoxy) is 1. The van der Waals surface area contributed by atoms with Crippen LogP contribution in [0.5, 0.6) is 11.5 Å². The second kappa shape index (κ2) is 6.73. The summed E-state index contributed by atoms with van der Waals surface area (Å²) in [5.41, 5.74) is 1.12. The summed E-state index contributed by atoms with van der Waals surface area (Å²) < 4.78 is 18.7. The number of hydrogen-bond donors (Lipinski definition) is 1. The highest BCUT2D eigenvalue weighted by Crippen LogP contribution is 2.30. The van der Waals surface area contributed by atoms with Gasteiger partial charge in [-0.1, -0.05) is 37.6 Å². The van der Waals surface area contributed by atoms with Crippen molar-refractivity contribution in [2.24, 2.45) is 0 Å². The van der Waals surface area contributed by atoms with Gasteiger partial charge in [0.2, 0.25) is 0 Å². The van der Waals surface area contributed by atoms with Gasteiger partial charge in [0.25, 0.3) is 0 Å². The van der Waals surface area contributed by atoms with E-state index in [1.54, 1.807) is 0 Å². The van der Waals surface area contributed by atoms with Crippen molar-refractivity contribution >= 4 is 11.6 Å². The minimum absolute atomic E-state index is 0.260. The van der Waals surface area contributed by atoms with Crippen molar-refractivity contribution in [1.82, 2.24) is 5.32 Å². The molecule has 20 heavy (non-hydrogen) atoms. The summed E-state index contributed by atoms with van der Waals surface area (Å²) in [7, 11) is 0. The van der Waals surface area contributed by atoms with Crippen LogP contribution in [-0.4, -0.2) is 6.04 Å². The first-order chi connectivity index (χ1) is 9.54. The zero-order valence-corrected chi connectivity index (χ0v) is 12.2. The van der Waals surface area contributed by atoms with Crippen molar-refractivity contribution in [3.05, 3.63) is 58.9 Å². The van der Waals surface area contributed by atoms with Gasteiger partial charge in [0, 0.05) is 12.6 Å². The van der Waals surface area contributed by atoms with Crippen molar-refractivity contribution in [2.75, 3.05) is 0 Å². The summed E-state index contributed by atoms with van der Waals surface area (Å²) in [6.45, 7) is 4.96. The largest absolute Gasteiger partial charge is 0.456 e. The normalized spacial score (nSPS) is 10.8. The van der Waals surface area contributed by atoms with Crippen LogP contribution in [0.25, 0.3) is 0 Å². The number of halogens is 2. The third-order valence-electron chi connectivity index (χ3n) is 2.73. The van der Waals surface area contributed by atoms with E-state index in [0.717, 1.165) is 12.1 Å². The van der Waals surface area contributed by atoms with E-state index in [4.69, 9.17) is 16.3 Å². The molecule has 0 bridgehead atoms. The molecule has 0 fully saturated rings. The summed E-state index contributed by atoms with van der Waals surface area (Å²) in [6.07, 6.45) is 0. The average Bonchev–Trinajstić information content (AvgIpc) is 2.40. The number of benzene rings is 2. The van der Waals surface area contributed by atoms with Crippen LogP contribution in [0.1, 0.15) is 19.4 Å². The molecule has 0 heterocycles. The predicted octanol–water partition coefficient (Wildman–Crippen LogP) is 4.77. The molecule has 0 radical (unpaired) electrons. The molecule has 0 saturated heterocycles. The van der Waals surface area contributed by atoms with E-state index in [1.807, 2.05) is 24.3 Å². The van der Waals surface area contributed by atoms with Crippen LogP contribution in [0.15, 0.2) is 42.5 Å². The zero-order valence-electron chi connectivity index (χ0n) is 11.5. The first kappa shape index (κ1) is 14.8. The van der Waals surface area contributed by atoms with E-state index in [-0.39, 0.29) is 10.8 Å². The molecule has 0 aliphatic heterocycles. The lowest BCUT2D eigenvalue weighted by atomic mass is 10.2. The molecule has 2 aromatic rings. The molecule has 0 spiro atoms. The number of hydrogen-bond acceptors (Lipinski definition) is 2. The Hall–Kier alpha value is -1.58. The Morgan fingerprint density at radius 3 is 2.70 bits per heavy atom. The Kier molecular flexibility index (Phi) is 4.99. The third-order valence-corrected chi connectivity index (χ3v) is 3.03. The molecule has 106 valence electrons. The topological polar surface area (TPSA) is 21.3 Å². The highest BCUT2D eigenvalue weighted by molar-refractivity contribution is 6.32. The Bertz CT molecular complexity index is 586. The van der Waals surface area contributed by atoms with Gasteiger partial charge in [0.05, 0.1) is 5.02 Å². The highest BCUT2D eigenvalue weighted by atomic mass is 35.5. The number of rotatable bonds is 5. The summed E-state index contributed by atoms with van der Waals surface area (Å²) in [6, 6.07) is 12.2. The molecule has 0 aliphatic rings. The van der Waals surface area contributed by atoms with E-state index in [1.165, 1.54) is 18.2 Å². The van der Waals surface area contributed by atoms with E-state index in [9.17, 15) is 4.39 Å². The van der Waals surface area contributed by atoms with Gasteiger partial charge in [-0.05, 0) is 35.9 Å². The predicted molar refractivity (Wildman–Crippen MR) is 79.9 cm³/mol. The molecule has 1 N–H and O–H groups in total. The van der Waals surface area contributed by atoms with Gasteiger partial charge in [0.15, 0.2) is 0 Å². The van der Waals surface area contributed by atoms with Crippen LogP contribution < -0.4 is 10.1 Å². The fourth-order valence-electron chi connectivity index (χ4n) is 1.73. The fourth-order valence-corrected chi connectivity index (χ4v) is 1.93. The van der Waals surface area contributed by atoms with Crippen molar-refractivity contribution in [1.29, 1.82) is 0 Å². The molecule has 2 nitrogen and oxygen atoms in total. The van der Waals surface area contributed by atoms with Crippen LogP contribution in [0.4, 0.5) is 4.39 Å². The zero-order chi connectivity index (χ0) is 14.5. The quantitative estimate of drug-likeness (QED) is 0.857. The Labute approximate surface area is 123 Å². The van der Waals surface area contributed by atoms with Gasteiger partial charge >= 0.3 is 0 Å². The lowest BCUT2D eigenvalue weighted by Crippen LogP contribution is -2.21. The second-order valence-corrected chi connectivity index (χ2v) is 5.27. The lowest BCUT2D eigenvalue weighted by molar-refractivity contribution is 0.479. The van der Waals surface area contributed by atoms with Crippen molar-refractivity contribution in [2.45, 2.75) is 26.4 Å². The maximum atomic E-state index is 13.0. The molecule has 0 unspecified atom stereocenters. The van der Waals surface area contributed by atoms with Crippen LogP contribution in [0.3, 0.4) is 0 Å². The standard InChI is InChI=1S/C16H17ClFNO/c1-11(2)19-10-12-4-3-5-14(8-12)20-16-7-6-13(18)9-15(16)17/h3-9,11,19H,10H2,1-2H3. The van der Waals surface area contributed by atoms with Gasteiger partial charge < -0.3 is 10.1 Å². The van der Waals surface area contributed by atoms with Gasteiger partial charge in [0.1, 0.15) is 17.3 Å². The molecular formula is C16H17ClFNO. The molecule has 2 rings (SSSR count). The third kappa shape index (κ3) is 4.22. The van der Waals surface area contributed by atoms with Crippen molar-refractivity contribution in [3.63, 3.8) is 0 Å². The Balaban J connectivity index is 2.11. The number of nitrogens with one attached hydrogen (secondary N) is 1. The fraction of sp³-hybridized carbons (Fsp3) is 0.250. The molecule has 0 amide bonds. The maximum Gasteiger partial charge on any atom is 0.146 e. The Morgan fingerprint density at radius 2 is 2.00 bits per heavy atom. The average molecular weight is 294 g/mol. The summed E-state index contributed by atoms with van der Waals surface area (Å²) in [5, 5.41) is 3.60. The first-order valence-corrected chi connectivity index (χ1v) is 6.87. The molecule has 4 heteroatoms. The minimum Gasteiger partial charge on any atom is -0.456 e. The molecule has 0 aliphatic carbocycles. The van der Waals surface area contributed by atoms with E-state index < -0.39 is 0 Å². The van der Waals surface area contributed by atoms with E-state index in [2.05, 4.69) is 19.2 Å². The maximum absolute atomic E-state index is 13.0. The van der Waals surface area contributed by atoms with Crippen molar-refractivity contribution < 1.29 is 9.13 Å². The molecule has 0 atom stereocenters. The minimum atomic E-state index is -0.378. The second-order valence-electron chi connectivity index (χ2n) is 4.86. The molecule has 0 saturated carbocycles. The molecular weight excluding hydrogens is 277 g/mol. The summed E-state index contributed by atoms with van der Waals surface area (Å²) in [4.78, 5) is 0. The lowest BCUT2D eigenvalue weighted by Gasteiger charge is -2.11. The highest BCUT2D eigenvalue weighted by Gasteiger charge is 2.05. The van der Waals surface area contributed by atoms with Crippen LogP contribution in [0.2, 0.25) is 5.02 Å². The molecule has 2 aromatic carbocycles. The van der Waals surface area contributed by atoms with E-state index >= 15 is 0 Å². The van der Waals surface area contributed by atoms with Crippen LogP contribution in [0, 0.1) is 5.82 Å². The van der Waals surface area contributed by atoms with Crippen LogP contribution in [-0.2, 0) is 6.54 Å². The van der Waals surface area contributed by atoms with Crippen molar-refractivity contribution in [3.8, 4) is 11.5 Å². The molecule has 0 aromatic heterocycles. The van der Waals surface area contributed by atoms with Gasteiger partial charge in [-0.3, -0.25) is 0 Å².